The van der Waals surface area contributed by atoms with Gasteiger partial charge in [0.1, 0.15) is 11.6 Å². The van der Waals surface area contributed by atoms with E-state index in [1.165, 1.54) is 17.2 Å². The first-order valence-corrected chi connectivity index (χ1v) is 17.3. The molecule has 1 aliphatic rings. The van der Waals surface area contributed by atoms with Gasteiger partial charge in [-0.1, -0.05) is 43.7 Å². The number of nitrogens with zero attached hydrogens (tertiary/aromatic N) is 4. The molecule has 1 aromatic heterocycles. The Morgan fingerprint density at radius 2 is 1.86 bits per heavy atom. The van der Waals surface area contributed by atoms with Crippen LogP contribution < -0.4 is 25.0 Å². The number of anilines is 4. The van der Waals surface area contributed by atoms with Gasteiger partial charge in [0, 0.05) is 49.4 Å². The molecule has 2 N–H and O–H groups in total. The fourth-order valence-corrected chi connectivity index (χ4v) is 6.00. The van der Waals surface area contributed by atoms with Crippen LogP contribution in [0.4, 0.5) is 32.3 Å². The van der Waals surface area contributed by atoms with Crippen molar-refractivity contribution in [3.05, 3.63) is 95.4 Å². The number of halogens is 1. The topological polar surface area (TPSA) is 109 Å². The van der Waals surface area contributed by atoms with E-state index >= 15 is 4.39 Å². The molecule has 2 amide bonds. The first-order chi connectivity index (χ1) is 24.2. The second-order valence-electron chi connectivity index (χ2n) is 12.9. The normalized spacial score (nSPS) is 14.5. The van der Waals surface area contributed by atoms with Crippen molar-refractivity contribution in [3.63, 3.8) is 0 Å². The zero-order valence-corrected chi connectivity index (χ0v) is 29.4. The van der Waals surface area contributed by atoms with Gasteiger partial charge in [0.25, 0.3) is 0 Å². The van der Waals surface area contributed by atoms with E-state index in [4.69, 9.17) is 9.47 Å². The summed E-state index contributed by atoms with van der Waals surface area (Å²) in [5.41, 5.74) is 3.43. The molecule has 3 aromatic carbocycles. The number of ether oxygens (including phenoxy) is 2. The lowest BCUT2D eigenvalue weighted by atomic mass is 10.00. The highest BCUT2D eigenvalue weighted by Crippen LogP contribution is 2.31. The van der Waals surface area contributed by atoms with Crippen molar-refractivity contribution in [2.75, 3.05) is 43.5 Å². The summed E-state index contributed by atoms with van der Waals surface area (Å²) < 4.78 is 26.9. The molecule has 264 valence electrons. The van der Waals surface area contributed by atoms with Gasteiger partial charge in [-0.3, -0.25) is 4.79 Å². The predicted octanol–water partition coefficient (Wildman–Crippen LogP) is 7.88. The van der Waals surface area contributed by atoms with Crippen LogP contribution in [0.2, 0.25) is 0 Å². The van der Waals surface area contributed by atoms with Crippen LogP contribution in [0.1, 0.15) is 55.7 Å². The second-order valence-corrected chi connectivity index (χ2v) is 12.9. The summed E-state index contributed by atoms with van der Waals surface area (Å²) in [6.07, 6.45) is 5.77. The van der Waals surface area contributed by atoms with Gasteiger partial charge in [-0.15, -0.1) is 0 Å². The third kappa shape index (κ3) is 10.0. The number of likely N-dealkylation sites (tertiary alicyclic amines) is 1. The van der Waals surface area contributed by atoms with Crippen molar-refractivity contribution in [1.29, 1.82) is 0 Å². The first-order valence-electron chi connectivity index (χ1n) is 17.3. The molecule has 1 fully saturated rings. The van der Waals surface area contributed by atoms with Crippen LogP contribution in [0, 0.1) is 25.6 Å². The number of aromatic nitrogens is 2. The Kier molecular flexibility index (Phi) is 12.7. The third-order valence-electron chi connectivity index (χ3n) is 8.70. The minimum absolute atomic E-state index is 0.0187. The Morgan fingerprint density at radius 1 is 1.06 bits per heavy atom. The highest BCUT2D eigenvalue weighted by molar-refractivity contribution is 5.96. The van der Waals surface area contributed by atoms with Gasteiger partial charge in [0.05, 0.1) is 12.3 Å². The number of benzene rings is 3. The third-order valence-corrected chi connectivity index (χ3v) is 8.70. The van der Waals surface area contributed by atoms with Gasteiger partial charge in [0.2, 0.25) is 11.9 Å². The van der Waals surface area contributed by atoms with E-state index in [-0.39, 0.29) is 23.4 Å². The minimum atomic E-state index is -0.668. The lowest BCUT2D eigenvalue weighted by Gasteiger charge is -2.29. The van der Waals surface area contributed by atoms with E-state index in [2.05, 4.69) is 39.5 Å². The molecule has 0 bridgehead atoms. The van der Waals surface area contributed by atoms with Crippen LogP contribution in [-0.4, -0.2) is 60.2 Å². The highest BCUT2D eigenvalue weighted by Gasteiger charge is 2.24. The number of rotatable bonds is 14. The number of para-hydroxylation sites is 1. The van der Waals surface area contributed by atoms with Crippen LogP contribution >= 0.6 is 0 Å². The number of nitrogens with one attached hydrogen (secondary N) is 2. The summed E-state index contributed by atoms with van der Waals surface area (Å²) in [5, 5.41) is 6.00. The number of hydrogen-bond acceptors (Lipinski definition) is 8. The number of carbonyl (C=O) groups excluding carboxylic acids is 2. The Labute approximate surface area is 294 Å². The van der Waals surface area contributed by atoms with Gasteiger partial charge >= 0.3 is 6.09 Å². The number of piperidine rings is 1. The van der Waals surface area contributed by atoms with Gasteiger partial charge < -0.3 is 25.0 Å². The quantitative estimate of drug-likeness (QED) is 0.129. The van der Waals surface area contributed by atoms with Crippen molar-refractivity contribution in [1.82, 2.24) is 20.2 Å². The Bertz CT molecular complexity index is 1750. The molecular formula is C39H47FN6O4. The van der Waals surface area contributed by atoms with Crippen molar-refractivity contribution >= 4 is 35.1 Å². The van der Waals surface area contributed by atoms with Crippen molar-refractivity contribution in [2.45, 2.75) is 59.3 Å². The molecule has 1 saturated heterocycles. The first kappa shape index (κ1) is 36.3. The van der Waals surface area contributed by atoms with E-state index in [0.717, 1.165) is 55.5 Å². The monoisotopic (exact) mass is 682 g/mol. The van der Waals surface area contributed by atoms with Crippen LogP contribution in [0.25, 0.3) is 0 Å². The summed E-state index contributed by atoms with van der Waals surface area (Å²) in [6.45, 7) is 8.96. The summed E-state index contributed by atoms with van der Waals surface area (Å²) in [4.78, 5) is 39.0. The standard InChI is InChI=1S/C39H47FN6O4/c1-5-6-20-41-36(47)18-15-29-12-8-14-32(23-29)46(39(48)50-37-27(2)10-7-11-28(37)3)35-19-21-42-38(44-35)43-31-16-17-34(33(40)24-31)49-26-30-13-9-22-45(4)25-30/h7-8,10-12,14,16-17,19,21,23-24,30H,5-6,9,13,15,18,20,22,25-26H2,1-4H3,(H,41,47)(H,42,43,44). The maximum absolute atomic E-state index is 15.1. The van der Waals surface area contributed by atoms with E-state index in [0.29, 0.717) is 49.0 Å². The van der Waals surface area contributed by atoms with Gasteiger partial charge in [-0.2, -0.15) is 4.98 Å². The lowest BCUT2D eigenvalue weighted by Crippen LogP contribution is -2.34. The molecule has 1 unspecified atom stereocenters. The zero-order valence-electron chi connectivity index (χ0n) is 29.4. The fourth-order valence-electron chi connectivity index (χ4n) is 6.00. The van der Waals surface area contributed by atoms with Crippen molar-refractivity contribution < 1.29 is 23.5 Å². The summed E-state index contributed by atoms with van der Waals surface area (Å²) >= 11 is 0. The SMILES string of the molecule is CCCCNC(=O)CCc1cccc(N(C(=O)Oc2c(C)cccc2C)c2ccnc(Nc3ccc(OCC4CCCN(C)C4)c(F)c3)n2)c1. The fraction of sp³-hybridized carbons (Fsp3) is 0.385. The average Bonchev–Trinajstić information content (AvgIpc) is 3.09. The van der Waals surface area contributed by atoms with Crippen LogP contribution in [-0.2, 0) is 11.2 Å². The van der Waals surface area contributed by atoms with Gasteiger partial charge in [-0.05, 0) is 94.1 Å². The maximum atomic E-state index is 15.1. The Morgan fingerprint density at radius 3 is 2.62 bits per heavy atom. The molecule has 11 heteroatoms. The molecule has 50 heavy (non-hydrogen) atoms. The number of amides is 2. The molecular weight excluding hydrogens is 635 g/mol. The van der Waals surface area contributed by atoms with E-state index in [9.17, 15) is 9.59 Å². The molecule has 0 radical (unpaired) electrons. The summed E-state index contributed by atoms with van der Waals surface area (Å²) in [6, 6.07) is 19.3. The van der Waals surface area contributed by atoms with Crippen LogP contribution in [0.3, 0.4) is 0 Å². The smallest absolute Gasteiger partial charge is 0.425 e. The summed E-state index contributed by atoms with van der Waals surface area (Å²) in [7, 11) is 2.09. The summed E-state index contributed by atoms with van der Waals surface area (Å²) in [5.74, 6) is 0.902. The van der Waals surface area contributed by atoms with Crippen molar-refractivity contribution in [2.24, 2.45) is 5.92 Å². The van der Waals surface area contributed by atoms with E-state index in [1.807, 2.05) is 50.2 Å². The zero-order chi connectivity index (χ0) is 35.5. The second kappa shape index (κ2) is 17.6. The van der Waals surface area contributed by atoms with Crippen LogP contribution in [0.15, 0.2) is 72.9 Å². The molecule has 1 aliphatic heterocycles. The van der Waals surface area contributed by atoms with E-state index < -0.39 is 11.9 Å². The Balaban J connectivity index is 1.36. The highest BCUT2D eigenvalue weighted by atomic mass is 19.1. The Hall–Kier alpha value is -5.03. The number of carbonyl (C=O) groups is 2. The lowest BCUT2D eigenvalue weighted by molar-refractivity contribution is -0.121. The molecule has 10 nitrogen and oxygen atoms in total. The van der Waals surface area contributed by atoms with Gasteiger partial charge in [0.15, 0.2) is 11.6 Å². The molecule has 2 heterocycles. The maximum Gasteiger partial charge on any atom is 0.425 e. The molecule has 0 aliphatic carbocycles. The van der Waals surface area contributed by atoms with Crippen LogP contribution in [0.5, 0.6) is 11.5 Å². The van der Waals surface area contributed by atoms with Gasteiger partial charge in [-0.25, -0.2) is 19.1 Å². The number of hydrogen-bond donors (Lipinski definition) is 2. The molecule has 0 spiro atoms. The van der Waals surface area contributed by atoms with E-state index in [1.54, 1.807) is 24.3 Å². The average molecular weight is 683 g/mol. The largest absolute Gasteiger partial charge is 0.490 e. The molecule has 0 saturated carbocycles. The molecule has 1 atom stereocenters. The minimum Gasteiger partial charge on any atom is -0.490 e. The molecule has 4 aromatic rings. The predicted molar refractivity (Wildman–Crippen MR) is 194 cm³/mol. The number of unbranched alkanes of at least 4 members (excludes halogenated alkanes) is 1. The van der Waals surface area contributed by atoms with Crippen molar-refractivity contribution in [3.8, 4) is 11.5 Å². The number of aryl methyl sites for hydroxylation is 3. The molecule has 5 rings (SSSR count).